The van der Waals surface area contributed by atoms with Crippen LogP contribution in [0.1, 0.15) is 29.9 Å². The summed E-state index contributed by atoms with van der Waals surface area (Å²) >= 11 is 5.73. The van der Waals surface area contributed by atoms with Crippen molar-refractivity contribution in [3.05, 3.63) is 54.1 Å². The maximum absolute atomic E-state index is 5.73. The van der Waals surface area contributed by atoms with E-state index in [1.807, 2.05) is 18.3 Å². The van der Waals surface area contributed by atoms with E-state index in [9.17, 15) is 0 Å². The van der Waals surface area contributed by atoms with E-state index in [-0.39, 0.29) is 12.1 Å². The van der Waals surface area contributed by atoms with Crippen LogP contribution in [0.5, 0.6) is 0 Å². The Kier molecular flexibility index (Phi) is 5.71. The Morgan fingerprint density at radius 1 is 1.19 bits per heavy atom. The third-order valence-corrected chi connectivity index (χ3v) is 5.81. The fourth-order valence-electron chi connectivity index (χ4n) is 4.04. The zero-order chi connectivity index (χ0) is 18.6. The Bertz CT molecular complexity index is 759. The Morgan fingerprint density at radius 2 is 2.04 bits per heavy atom. The van der Waals surface area contributed by atoms with Gasteiger partial charge in [0.25, 0.3) is 0 Å². The number of aryl methyl sites for hydroxylation is 1. The second kappa shape index (κ2) is 8.37. The molecule has 0 unspecified atom stereocenters. The molecule has 2 aromatic rings. The number of ether oxygens (including phenoxy) is 1. The molecule has 0 saturated carbocycles. The van der Waals surface area contributed by atoms with Crippen LogP contribution in [-0.4, -0.2) is 63.9 Å². The number of nitrogens with zero attached hydrogens (tertiary/aromatic N) is 4. The Labute approximate surface area is 166 Å². The van der Waals surface area contributed by atoms with Crippen molar-refractivity contribution in [3.63, 3.8) is 0 Å². The molecule has 2 aliphatic rings. The zero-order valence-electron chi connectivity index (χ0n) is 15.8. The molecule has 0 aromatic carbocycles. The lowest BCUT2D eigenvalue weighted by molar-refractivity contribution is 0.0365. The summed E-state index contributed by atoms with van der Waals surface area (Å²) in [5, 5.41) is 4.34. The topological polar surface area (TPSA) is 45.6 Å². The number of aromatic nitrogens is 2. The van der Waals surface area contributed by atoms with Crippen LogP contribution in [0.2, 0.25) is 0 Å². The molecule has 0 amide bonds. The SMILES string of the molecule is Cn1cccc1[C@@H]1[C@@H](c2ccccn2)NC(=S)N1CCCN1CCOCC1. The number of morpholine rings is 1. The van der Waals surface area contributed by atoms with Gasteiger partial charge in [-0.2, -0.15) is 0 Å². The summed E-state index contributed by atoms with van der Waals surface area (Å²) in [6.45, 7) is 5.76. The lowest BCUT2D eigenvalue weighted by atomic mass is 10.0. The van der Waals surface area contributed by atoms with Gasteiger partial charge in [0.2, 0.25) is 0 Å². The Hall–Kier alpha value is -1.96. The molecule has 0 spiro atoms. The highest BCUT2D eigenvalue weighted by molar-refractivity contribution is 7.80. The number of pyridine rings is 1. The standard InChI is InChI=1S/C20H27N5OS/c1-23-9-4-7-17(23)19-18(16-6-2-3-8-21-16)22-20(27)25(19)11-5-10-24-12-14-26-15-13-24/h2-4,6-9,18-19H,5,10-15H2,1H3,(H,22,27)/t18-,19-/m1/s1. The van der Waals surface area contributed by atoms with Crippen LogP contribution in [0, 0.1) is 0 Å². The summed E-state index contributed by atoms with van der Waals surface area (Å²) in [6, 6.07) is 10.6. The summed E-state index contributed by atoms with van der Waals surface area (Å²) < 4.78 is 7.63. The maximum Gasteiger partial charge on any atom is 0.170 e. The Morgan fingerprint density at radius 3 is 2.74 bits per heavy atom. The molecule has 7 heteroatoms. The van der Waals surface area contributed by atoms with Gasteiger partial charge in [-0.15, -0.1) is 0 Å². The first-order valence-corrected chi connectivity index (χ1v) is 10.0. The molecular formula is C20H27N5OS. The van der Waals surface area contributed by atoms with Crippen molar-refractivity contribution >= 4 is 17.3 Å². The second-order valence-corrected chi connectivity index (χ2v) is 7.56. The molecule has 1 N–H and O–H groups in total. The highest BCUT2D eigenvalue weighted by atomic mass is 32.1. The minimum atomic E-state index is 0.0655. The molecule has 2 atom stereocenters. The van der Waals surface area contributed by atoms with Crippen molar-refractivity contribution < 1.29 is 4.74 Å². The molecule has 2 aromatic heterocycles. The van der Waals surface area contributed by atoms with E-state index in [2.05, 4.69) is 56.1 Å². The van der Waals surface area contributed by atoms with Crippen LogP contribution in [0.15, 0.2) is 42.7 Å². The summed E-state index contributed by atoms with van der Waals surface area (Å²) in [4.78, 5) is 9.41. The van der Waals surface area contributed by atoms with E-state index in [0.29, 0.717) is 0 Å². The average Bonchev–Trinajstić information content (AvgIpc) is 3.26. The third kappa shape index (κ3) is 4.00. The molecule has 6 nitrogen and oxygen atoms in total. The molecule has 0 radical (unpaired) electrons. The van der Waals surface area contributed by atoms with Crippen LogP contribution < -0.4 is 5.32 Å². The molecule has 0 bridgehead atoms. The monoisotopic (exact) mass is 385 g/mol. The van der Waals surface area contributed by atoms with E-state index in [4.69, 9.17) is 17.0 Å². The highest BCUT2D eigenvalue weighted by Gasteiger charge is 2.40. The quantitative estimate of drug-likeness (QED) is 0.769. The van der Waals surface area contributed by atoms with Gasteiger partial charge in [0, 0.05) is 51.3 Å². The highest BCUT2D eigenvalue weighted by Crippen LogP contribution is 2.38. The molecule has 2 fully saturated rings. The van der Waals surface area contributed by atoms with Crippen LogP contribution in [0.4, 0.5) is 0 Å². The maximum atomic E-state index is 5.73. The zero-order valence-corrected chi connectivity index (χ0v) is 16.6. The van der Waals surface area contributed by atoms with Gasteiger partial charge < -0.3 is 19.5 Å². The van der Waals surface area contributed by atoms with Crippen LogP contribution >= 0.6 is 12.2 Å². The predicted octanol–water partition coefficient (Wildman–Crippen LogP) is 2.11. The molecule has 0 aliphatic carbocycles. The van der Waals surface area contributed by atoms with Crippen LogP contribution in [-0.2, 0) is 11.8 Å². The van der Waals surface area contributed by atoms with Crippen molar-refractivity contribution in [1.82, 2.24) is 24.7 Å². The predicted molar refractivity (Wildman–Crippen MR) is 109 cm³/mol. The van der Waals surface area contributed by atoms with Crippen molar-refractivity contribution in [2.24, 2.45) is 7.05 Å². The van der Waals surface area contributed by atoms with Crippen LogP contribution in [0.3, 0.4) is 0 Å². The van der Waals surface area contributed by atoms with E-state index >= 15 is 0 Å². The summed E-state index contributed by atoms with van der Waals surface area (Å²) in [5.41, 5.74) is 2.28. The summed E-state index contributed by atoms with van der Waals surface area (Å²) in [5.74, 6) is 0. The normalized spacial score (nSPS) is 23.6. The first-order chi connectivity index (χ1) is 13.2. The van der Waals surface area contributed by atoms with Gasteiger partial charge in [0.1, 0.15) is 0 Å². The molecule has 4 heterocycles. The van der Waals surface area contributed by atoms with Gasteiger partial charge >= 0.3 is 0 Å². The lowest BCUT2D eigenvalue weighted by Gasteiger charge is -2.30. The molecule has 27 heavy (non-hydrogen) atoms. The van der Waals surface area contributed by atoms with Crippen molar-refractivity contribution in [3.8, 4) is 0 Å². The summed E-state index contributed by atoms with van der Waals surface area (Å²) in [6.07, 6.45) is 5.03. The van der Waals surface area contributed by atoms with Crippen molar-refractivity contribution in [2.75, 3.05) is 39.4 Å². The van der Waals surface area contributed by atoms with Crippen molar-refractivity contribution in [2.45, 2.75) is 18.5 Å². The van der Waals surface area contributed by atoms with Gasteiger partial charge in [-0.25, -0.2) is 0 Å². The number of thiocarbonyl (C=S) groups is 1. The number of nitrogens with one attached hydrogen (secondary N) is 1. The van der Waals surface area contributed by atoms with Gasteiger partial charge in [0.05, 0.1) is 31.0 Å². The number of hydrogen-bond donors (Lipinski definition) is 1. The van der Waals surface area contributed by atoms with Crippen LogP contribution in [0.25, 0.3) is 0 Å². The molecular weight excluding hydrogens is 358 g/mol. The largest absolute Gasteiger partial charge is 0.379 e. The molecule has 4 rings (SSSR count). The average molecular weight is 386 g/mol. The summed E-state index contributed by atoms with van der Waals surface area (Å²) in [7, 11) is 2.10. The van der Waals surface area contributed by atoms with E-state index in [1.165, 1.54) is 5.69 Å². The van der Waals surface area contributed by atoms with E-state index in [1.54, 1.807) is 0 Å². The fraction of sp³-hybridized carbons (Fsp3) is 0.500. The minimum Gasteiger partial charge on any atom is -0.379 e. The first-order valence-electron chi connectivity index (χ1n) is 9.63. The van der Waals surface area contributed by atoms with Gasteiger partial charge in [-0.3, -0.25) is 9.88 Å². The smallest absolute Gasteiger partial charge is 0.170 e. The number of hydrogen-bond acceptors (Lipinski definition) is 4. The van der Waals surface area contributed by atoms with E-state index < -0.39 is 0 Å². The fourth-order valence-corrected chi connectivity index (χ4v) is 4.37. The lowest BCUT2D eigenvalue weighted by Crippen LogP contribution is -2.39. The molecule has 144 valence electrons. The van der Waals surface area contributed by atoms with Gasteiger partial charge in [-0.1, -0.05) is 6.07 Å². The first kappa shape index (κ1) is 18.4. The molecule has 2 saturated heterocycles. The van der Waals surface area contributed by atoms with E-state index in [0.717, 1.165) is 56.6 Å². The Balaban J connectivity index is 1.51. The third-order valence-electron chi connectivity index (χ3n) is 5.46. The minimum absolute atomic E-state index is 0.0655. The van der Waals surface area contributed by atoms with Gasteiger partial charge in [-0.05, 0) is 42.9 Å². The number of rotatable bonds is 6. The molecule has 2 aliphatic heterocycles. The van der Waals surface area contributed by atoms with Crippen molar-refractivity contribution in [1.29, 1.82) is 0 Å². The van der Waals surface area contributed by atoms with Gasteiger partial charge in [0.15, 0.2) is 5.11 Å². The second-order valence-electron chi connectivity index (χ2n) is 7.17.